The van der Waals surface area contributed by atoms with Crippen molar-refractivity contribution in [2.45, 2.75) is 50.0 Å². The average molecular weight is 532 g/mol. The number of ether oxygens (including phenoxy) is 1. The number of H-pyrrole nitrogens is 2. The van der Waals surface area contributed by atoms with E-state index in [1.165, 1.54) is 0 Å². The van der Waals surface area contributed by atoms with Gasteiger partial charge in [0.2, 0.25) is 0 Å². The van der Waals surface area contributed by atoms with Crippen LogP contribution in [0.3, 0.4) is 0 Å². The van der Waals surface area contributed by atoms with E-state index in [1.807, 2.05) is 4.90 Å². The van der Waals surface area contributed by atoms with Gasteiger partial charge in [0.1, 0.15) is 23.5 Å². The molecule has 2 saturated heterocycles. The summed E-state index contributed by atoms with van der Waals surface area (Å²) in [5.41, 5.74) is 1.75. The normalized spacial score (nSPS) is 24.6. The Kier molecular flexibility index (Phi) is 7.18. The van der Waals surface area contributed by atoms with E-state index in [0.717, 1.165) is 10.9 Å². The van der Waals surface area contributed by atoms with Crippen molar-refractivity contribution in [2.75, 3.05) is 32.8 Å². The molecule has 0 aliphatic carbocycles. The predicted octanol–water partition coefficient (Wildman–Crippen LogP) is 3.00. The van der Waals surface area contributed by atoms with Gasteiger partial charge in [-0.3, -0.25) is 9.80 Å². The van der Waals surface area contributed by atoms with E-state index in [2.05, 4.69) is 25.7 Å². The number of rotatable bonds is 6. The third-order valence-corrected chi connectivity index (χ3v) is 7.05. The average Bonchev–Trinajstić information content (AvgIpc) is 3.45. The van der Waals surface area contributed by atoms with Crippen LogP contribution in [0.25, 0.3) is 10.9 Å². The van der Waals surface area contributed by atoms with E-state index in [4.69, 9.17) is 4.74 Å². The number of morpholine rings is 1. The molecule has 1 aromatic carbocycles. The Bertz CT molecular complexity index is 1190. The van der Waals surface area contributed by atoms with E-state index in [9.17, 15) is 26.3 Å². The minimum absolute atomic E-state index is 0.0720. The lowest BCUT2D eigenvalue weighted by molar-refractivity contribution is -0.251. The summed E-state index contributed by atoms with van der Waals surface area (Å²) in [6, 6.07) is 1.09. The van der Waals surface area contributed by atoms with Gasteiger partial charge in [0.15, 0.2) is 0 Å². The van der Waals surface area contributed by atoms with Gasteiger partial charge in [0.25, 0.3) is 0 Å². The van der Waals surface area contributed by atoms with E-state index in [0.29, 0.717) is 42.5 Å². The fourth-order valence-corrected chi connectivity index (χ4v) is 5.24. The molecule has 2 aromatic heterocycles. The van der Waals surface area contributed by atoms with Crippen LogP contribution in [0, 0.1) is 0 Å². The summed E-state index contributed by atoms with van der Waals surface area (Å²) in [7, 11) is 0. The summed E-state index contributed by atoms with van der Waals surface area (Å²) >= 11 is 0. The maximum Gasteiger partial charge on any atom is 0.405 e. The van der Waals surface area contributed by atoms with Gasteiger partial charge in [-0.25, -0.2) is 0 Å². The maximum atomic E-state index is 14.5. The topological polar surface area (TPSA) is 85.1 Å². The molecule has 3 atom stereocenters. The third kappa shape index (κ3) is 5.61. The van der Waals surface area contributed by atoms with Crippen molar-refractivity contribution in [3.8, 4) is 0 Å². The molecule has 3 unspecified atom stereocenters. The fourth-order valence-electron chi connectivity index (χ4n) is 5.24. The molecule has 37 heavy (non-hydrogen) atoms. The van der Waals surface area contributed by atoms with Crippen molar-refractivity contribution in [1.82, 2.24) is 35.5 Å². The van der Waals surface area contributed by atoms with E-state index < -0.39 is 43.6 Å². The number of aromatic nitrogens is 4. The Morgan fingerprint density at radius 3 is 2.35 bits per heavy atom. The minimum atomic E-state index is -4.93. The van der Waals surface area contributed by atoms with Gasteiger partial charge in [-0.2, -0.15) is 41.8 Å². The number of para-hydroxylation sites is 1. The van der Waals surface area contributed by atoms with Crippen LogP contribution < -0.4 is 5.32 Å². The van der Waals surface area contributed by atoms with Crippen molar-refractivity contribution in [2.24, 2.45) is 0 Å². The molecule has 3 N–H and O–H groups in total. The van der Waals surface area contributed by atoms with Gasteiger partial charge in [-0.1, -0.05) is 18.2 Å². The Hall–Kier alpha value is -2.68. The quantitative estimate of drug-likeness (QED) is 0.425. The van der Waals surface area contributed by atoms with Gasteiger partial charge >= 0.3 is 12.4 Å². The van der Waals surface area contributed by atoms with Crippen molar-refractivity contribution in [1.29, 1.82) is 0 Å². The SMILES string of the molecule is FC(F)(F)C1CNC(Cc2c[nH]c3ccccc23)C(C(F)(F)F)N1Cc1n[nH]nc1CN1CCOCC1. The summed E-state index contributed by atoms with van der Waals surface area (Å²) in [5, 5.41) is 13.7. The fraction of sp³-hybridized carbons (Fsp3) is 0.565. The molecule has 5 rings (SSSR count). The molecule has 8 nitrogen and oxygen atoms in total. The van der Waals surface area contributed by atoms with Gasteiger partial charge in [-0.05, 0) is 18.1 Å². The number of piperazine rings is 1. The standard InChI is InChI=1S/C23H27F6N7O/c24-22(25,26)20-11-31-17(9-14-10-30-16-4-2-1-3-15(14)16)21(23(27,28)29)36(20)13-19-18(32-34-33-19)12-35-5-7-37-8-6-35/h1-4,10,17,20-21,30-31H,5-9,11-13H2,(H,32,33,34). The molecule has 0 radical (unpaired) electrons. The molecule has 2 aliphatic heterocycles. The Morgan fingerprint density at radius 2 is 1.65 bits per heavy atom. The van der Waals surface area contributed by atoms with Crippen LogP contribution in [-0.4, -0.2) is 93.5 Å². The van der Waals surface area contributed by atoms with Gasteiger partial charge in [0.05, 0.1) is 13.2 Å². The molecular weight excluding hydrogens is 504 g/mol. The van der Waals surface area contributed by atoms with Gasteiger partial charge < -0.3 is 15.0 Å². The van der Waals surface area contributed by atoms with Gasteiger partial charge in [-0.15, -0.1) is 0 Å². The predicted molar refractivity (Wildman–Crippen MR) is 122 cm³/mol. The molecule has 2 aliphatic rings. The summed E-state index contributed by atoms with van der Waals surface area (Å²) in [6.45, 7) is 1.11. The van der Waals surface area contributed by atoms with Crippen LogP contribution in [-0.2, 0) is 24.2 Å². The second-order valence-corrected chi connectivity index (χ2v) is 9.40. The lowest BCUT2D eigenvalue weighted by atomic mass is 9.92. The highest BCUT2D eigenvalue weighted by Gasteiger charge is 2.58. The van der Waals surface area contributed by atoms with Crippen LogP contribution in [0.15, 0.2) is 30.5 Å². The number of nitrogens with zero attached hydrogens (tertiary/aromatic N) is 4. The zero-order valence-electron chi connectivity index (χ0n) is 19.7. The summed E-state index contributed by atoms with van der Waals surface area (Å²) < 4.78 is 91.0. The highest BCUT2D eigenvalue weighted by molar-refractivity contribution is 5.83. The van der Waals surface area contributed by atoms with Crippen molar-refractivity contribution >= 4 is 10.9 Å². The Balaban J connectivity index is 1.45. The van der Waals surface area contributed by atoms with E-state index >= 15 is 0 Å². The van der Waals surface area contributed by atoms with Crippen molar-refractivity contribution in [3.05, 3.63) is 47.4 Å². The second kappa shape index (κ2) is 10.2. The highest BCUT2D eigenvalue weighted by atomic mass is 19.4. The monoisotopic (exact) mass is 531 g/mol. The Morgan fingerprint density at radius 1 is 0.946 bits per heavy atom. The number of hydrogen-bond acceptors (Lipinski definition) is 6. The van der Waals surface area contributed by atoms with Crippen LogP contribution in [0.1, 0.15) is 17.0 Å². The van der Waals surface area contributed by atoms with Crippen molar-refractivity contribution < 1.29 is 31.1 Å². The van der Waals surface area contributed by atoms with Crippen LogP contribution in [0.2, 0.25) is 0 Å². The molecule has 14 heteroatoms. The molecule has 4 heterocycles. The van der Waals surface area contributed by atoms with Gasteiger partial charge in [0, 0.05) is 55.9 Å². The number of aromatic amines is 2. The largest absolute Gasteiger partial charge is 0.405 e. The zero-order valence-corrected chi connectivity index (χ0v) is 19.7. The van der Waals surface area contributed by atoms with Crippen LogP contribution in [0.4, 0.5) is 26.3 Å². The van der Waals surface area contributed by atoms with Crippen molar-refractivity contribution in [3.63, 3.8) is 0 Å². The first kappa shape index (κ1) is 25.9. The second-order valence-electron chi connectivity index (χ2n) is 9.40. The first-order valence-corrected chi connectivity index (χ1v) is 12.0. The van der Waals surface area contributed by atoms with Crippen LogP contribution in [0.5, 0.6) is 0 Å². The molecule has 0 amide bonds. The molecule has 2 fully saturated rings. The number of alkyl halides is 6. The molecule has 0 saturated carbocycles. The zero-order chi connectivity index (χ0) is 26.2. The summed E-state index contributed by atoms with van der Waals surface area (Å²) in [6.07, 6.45) is -8.30. The van der Waals surface area contributed by atoms with E-state index in [-0.39, 0.29) is 18.7 Å². The van der Waals surface area contributed by atoms with Crippen LogP contribution >= 0.6 is 0 Å². The van der Waals surface area contributed by atoms with E-state index in [1.54, 1.807) is 30.5 Å². The summed E-state index contributed by atoms with van der Waals surface area (Å²) in [5.74, 6) is 0. The highest BCUT2D eigenvalue weighted by Crippen LogP contribution is 2.38. The molecular formula is C23H27F6N7O. The molecule has 0 spiro atoms. The molecule has 202 valence electrons. The third-order valence-electron chi connectivity index (χ3n) is 7.05. The maximum absolute atomic E-state index is 14.5. The number of halogens is 6. The lowest BCUT2D eigenvalue weighted by Gasteiger charge is -2.47. The number of benzene rings is 1. The number of hydrogen-bond donors (Lipinski definition) is 3. The summed E-state index contributed by atoms with van der Waals surface area (Å²) in [4.78, 5) is 5.49. The first-order valence-electron chi connectivity index (χ1n) is 12.0. The number of fused-ring (bicyclic) bond motifs is 1. The smallest absolute Gasteiger partial charge is 0.379 e. The molecule has 3 aromatic rings. The Labute approximate surface area is 208 Å². The first-order chi connectivity index (χ1) is 17.6. The number of nitrogens with one attached hydrogen (secondary N) is 3. The minimum Gasteiger partial charge on any atom is -0.379 e. The molecule has 0 bridgehead atoms. The lowest BCUT2D eigenvalue weighted by Crippen LogP contribution is -2.70.